The van der Waals surface area contributed by atoms with Crippen LogP contribution in [-0.2, 0) is 4.74 Å². The Labute approximate surface area is 108 Å². The van der Waals surface area contributed by atoms with Crippen molar-refractivity contribution in [3.63, 3.8) is 0 Å². The van der Waals surface area contributed by atoms with Crippen molar-refractivity contribution < 1.29 is 4.74 Å². The van der Waals surface area contributed by atoms with Gasteiger partial charge in [-0.25, -0.2) is 4.98 Å². The van der Waals surface area contributed by atoms with Crippen molar-refractivity contribution in [1.82, 2.24) is 15.2 Å². The normalized spacial score (nSPS) is 11.4. The van der Waals surface area contributed by atoms with Gasteiger partial charge in [-0.3, -0.25) is 5.10 Å². The van der Waals surface area contributed by atoms with E-state index >= 15 is 0 Å². The second kappa shape index (κ2) is 6.58. The Morgan fingerprint density at radius 1 is 1.53 bits per heavy atom. The van der Waals surface area contributed by atoms with Gasteiger partial charge in [0.2, 0.25) is 5.16 Å². The van der Waals surface area contributed by atoms with Crippen LogP contribution in [0.1, 0.15) is 10.7 Å². The van der Waals surface area contributed by atoms with Gasteiger partial charge in [0, 0.05) is 17.7 Å². The van der Waals surface area contributed by atoms with E-state index in [2.05, 4.69) is 21.2 Å². The number of rotatable bonds is 6. The van der Waals surface area contributed by atoms with Crippen molar-refractivity contribution in [2.75, 3.05) is 19.5 Å². The lowest BCUT2D eigenvalue weighted by molar-refractivity contribution is 0.218. The quantitative estimate of drug-likeness (QED) is 0.646. The molecule has 0 saturated heterocycles. The summed E-state index contributed by atoms with van der Waals surface area (Å²) in [6.45, 7) is 0.708. The van der Waals surface area contributed by atoms with Gasteiger partial charge in [0.15, 0.2) is 0 Å². The lowest BCUT2D eigenvalue weighted by Crippen LogP contribution is -1.91. The fourth-order valence-electron chi connectivity index (χ4n) is 1.16. The van der Waals surface area contributed by atoms with Crippen LogP contribution in [0.15, 0.2) is 22.7 Å². The monoisotopic (exact) mass is 267 g/mol. The number of aromatic amines is 1. The number of hydrogen-bond acceptors (Lipinski definition) is 5. The molecule has 2 aromatic rings. The summed E-state index contributed by atoms with van der Waals surface area (Å²) < 4.78 is 4.97. The molecule has 0 saturated carbocycles. The summed E-state index contributed by atoms with van der Waals surface area (Å²) in [6, 6.07) is 4.09. The van der Waals surface area contributed by atoms with E-state index in [4.69, 9.17) is 4.74 Å². The molecule has 6 heteroatoms. The minimum absolute atomic E-state index is 0.708. The number of aromatic nitrogens is 3. The minimum atomic E-state index is 0.708. The van der Waals surface area contributed by atoms with Crippen molar-refractivity contribution in [3.8, 4) is 0 Å². The second-order valence-electron chi connectivity index (χ2n) is 3.19. The molecule has 0 spiro atoms. The van der Waals surface area contributed by atoms with E-state index in [1.165, 1.54) is 4.88 Å². The lowest BCUT2D eigenvalue weighted by Gasteiger charge is -1.93. The maximum Gasteiger partial charge on any atom is 0.208 e. The van der Waals surface area contributed by atoms with Crippen molar-refractivity contribution in [1.29, 1.82) is 0 Å². The number of thiophene rings is 1. The number of H-pyrrole nitrogens is 1. The van der Waals surface area contributed by atoms with Gasteiger partial charge in [-0.05, 0) is 23.6 Å². The fraction of sp³-hybridized carbons (Fsp3) is 0.273. The van der Waals surface area contributed by atoms with Crippen LogP contribution in [0.2, 0.25) is 0 Å². The molecule has 0 aliphatic heterocycles. The van der Waals surface area contributed by atoms with Crippen molar-refractivity contribution in [2.24, 2.45) is 0 Å². The van der Waals surface area contributed by atoms with Crippen molar-refractivity contribution >= 4 is 35.3 Å². The highest BCUT2D eigenvalue weighted by Crippen LogP contribution is 2.14. The molecule has 0 aliphatic rings. The molecule has 0 unspecified atom stereocenters. The molecule has 90 valence electrons. The summed E-state index contributed by atoms with van der Waals surface area (Å²) in [5.41, 5.74) is 0. The number of thioether (sulfide) groups is 1. The molecule has 2 rings (SSSR count). The third kappa shape index (κ3) is 3.99. The predicted molar refractivity (Wildman–Crippen MR) is 72.2 cm³/mol. The van der Waals surface area contributed by atoms with Crippen LogP contribution in [0.5, 0.6) is 0 Å². The molecule has 17 heavy (non-hydrogen) atoms. The van der Waals surface area contributed by atoms with Gasteiger partial charge in [-0.1, -0.05) is 17.8 Å². The van der Waals surface area contributed by atoms with E-state index in [0.29, 0.717) is 6.61 Å². The maximum atomic E-state index is 4.97. The Bertz CT molecular complexity index is 465. The van der Waals surface area contributed by atoms with E-state index in [0.717, 1.165) is 16.7 Å². The lowest BCUT2D eigenvalue weighted by atomic mass is 10.4. The number of hydrogen-bond donors (Lipinski definition) is 1. The minimum Gasteiger partial charge on any atom is -0.384 e. The fourth-order valence-corrected chi connectivity index (χ4v) is 2.48. The maximum absolute atomic E-state index is 4.97. The average molecular weight is 267 g/mol. The second-order valence-corrected chi connectivity index (χ2v) is 5.23. The number of nitrogens with one attached hydrogen (secondary N) is 1. The van der Waals surface area contributed by atoms with Gasteiger partial charge in [0.05, 0.1) is 6.61 Å². The van der Waals surface area contributed by atoms with Crippen molar-refractivity contribution in [3.05, 3.63) is 28.2 Å². The summed E-state index contributed by atoms with van der Waals surface area (Å²) in [6.07, 6.45) is 3.95. The highest BCUT2D eigenvalue weighted by Gasteiger charge is 2.00. The van der Waals surface area contributed by atoms with Gasteiger partial charge in [-0.2, -0.15) is 0 Å². The van der Waals surface area contributed by atoms with Crippen LogP contribution < -0.4 is 0 Å². The molecular formula is C11H13N3OS2. The third-order valence-corrected chi connectivity index (χ3v) is 3.60. The Hall–Kier alpha value is -1.11. The smallest absolute Gasteiger partial charge is 0.208 e. The van der Waals surface area contributed by atoms with Crippen molar-refractivity contribution in [2.45, 2.75) is 5.16 Å². The molecule has 0 fully saturated rings. The van der Waals surface area contributed by atoms with Gasteiger partial charge >= 0.3 is 0 Å². The first-order valence-corrected chi connectivity index (χ1v) is 7.01. The van der Waals surface area contributed by atoms with E-state index in [-0.39, 0.29) is 0 Å². The van der Waals surface area contributed by atoms with Gasteiger partial charge < -0.3 is 4.74 Å². The zero-order chi connectivity index (χ0) is 11.9. The molecule has 0 bridgehead atoms. The molecular weight excluding hydrogens is 254 g/mol. The molecule has 2 aromatic heterocycles. The SMILES string of the molecule is COCCSc1n[nH]c(C=Cc2cccs2)n1. The molecule has 4 nitrogen and oxygen atoms in total. The first-order chi connectivity index (χ1) is 8.38. The standard InChI is InChI=1S/C11H13N3OS2/c1-15-6-8-17-11-12-10(13-14-11)5-4-9-3-2-7-16-9/h2-5,7H,6,8H2,1H3,(H,12,13,14). The Kier molecular flexibility index (Phi) is 4.78. The van der Waals surface area contributed by atoms with Gasteiger partial charge in [-0.15, -0.1) is 16.4 Å². The summed E-state index contributed by atoms with van der Waals surface area (Å²) in [4.78, 5) is 5.54. The van der Waals surface area contributed by atoms with E-state index in [1.54, 1.807) is 30.2 Å². The predicted octanol–water partition coefficient (Wildman–Crippen LogP) is 2.78. The third-order valence-electron chi connectivity index (χ3n) is 1.95. The number of methoxy groups -OCH3 is 1. The Morgan fingerprint density at radius 2 is 2.47 bits per heavy atom. The van der Waals surface area contributed by atoms with Crippen LogP contribution in [0.4, 0.5) is 0 Å². The first-order valence-electron chi connectivity index (χ1n) is 5.14. The summed E-state index contributed by atoms with van der Waals surface area (Å²) in [7, 11) is 1.69. The van der Waals surface area contributed by atoms with Gasteiger partial charge in [0.1, 0.15) is 5.82 Å². The topological polar surface area (TPSA) is 50.8 Å². The van der Waals surface area contributed by atoms with Gasteiger partial charge in [0.25, 0.3) is 0 Å². The average Bonchev–Trinajstić information content (AvgIpc) is 2.98. The van der Waals surface area contributed by atoms with Crippen LogP contribution in [-0.4, -0.2) is 34.7 Å². The molecule has 0 atom stereocenters. The number of ether oxygens (including phenoxy) is 1. The van der Waals surface area contributed by atoms with Crippen LogP contribution in [0.3, 0.4) is 0 Å². The Balaban J connectivity index is 1.89. The summed E-state index contributed by atoms with van der Waals surface area (Å²) in [5, 5.41) is 9.81. The Morgan fingerprint density at radius 3 is 3.24 bits per heavy atom. The molecule has 2 heterocycles. The first kappa shape index (κ1) is 12.3. The molecule has 0 amide bonds. The zero-order valence-electron chi connectivity index (χ0n) is 9.42. The van der Waals surface area contributed by atoms with Crippen LogP contribution in [0.25, 0.3) is 12.2 Å². The highest BCUT2D eigenvalue weighted by molar-refractivity contribution is 7.99. The zero-order valence-corrected chi connectivity index (χ0v) is 11.1. The summed E-state index contributed by atoms with van der Waals surface area (Å²) in [5.74, 6) is 1.64. The summed E-state index contributed by atoms with van der Waals surface area (Å²) >= 11 is 3.27. The molecule has 0 aromatic carbocycles. The van der Waals surface area contributed by atoms with Crippen LogP contribution >= 0.6 is 23.1 Å². The number of nitrogens with zero attached hydrogens (tertiary/aromatic N) is 2. The van der Waals surface area contributed by atoms with Crippen LogP contribution in [0, 0.1) is 0 Å². The molecule has 1 N–H and O–H groups in total. The van der Waals surface area contributed by atoms with E-state index < -0.39 is 0 Å². The molecule has 0 radical (unpaired) electrons. The van der Waals surface area contributed by atoms with E-state index in [1.807, 2.05) is 23.6 Å². The molecule has 0 aliphatic carbocycles. The van der Waals surface area contributed by atoms with E-state index in [9.17, 15) is 0 Å². The highest BCUT2D eigenvalue weighted by atomic mass is 32.2. The largest absolute Gasteiger partial charge is 0.384 e.